The Hall–Kier alpha value is -0.770. The van der Waals surface area contributed by atoms with E-state index < -0.39 is 11.9 Å². The van der Waals surface area contributed by atoms with Crippen molar-refractivity contribution in [3.63, 3.8) is 0 Å². The number of hydrogen-bond donors (Lipinski definition) is 2. The number of carbonyl (C=O) groups is 1. The summed E-state index contributed by atoms with van der Waals surface area (Å²) < 4.78 is 0. The lowest BCUT2D eigenvalue weighted by Crippen LogP contribution is -2.34. The van der Waals surface area contributed by atoms with E-state index >= 15 is 0 Å². The first-order chi connectivity index (χ1) is 7.56. The molecule has 0 aromatic heterocycles. The van der Waals surface area contributed by atoms with Gasteiger partial charge in [0, 0.05) is 0 Å². The molecule has 1 aromatic carbocycles. The Morgan fingerprint density at radius 2 is 2.12 bits per heavy atom. The van der Waals surface area contributed by atoms with Crippen molar-refractivity contribution in [1.82, 2.24) is 5.32 Å². The quantitative estimate of drug-likeness (QED) is 0.855. The van der Waals surface area contributed by atoms with Crippen LogP contribution < -0.4 is 11.1 Å². The van der Waals surface area contributed by atoms with Crippen molar-refractivity contribution in [3.05, 3.63) is 33.8 Å². The highest BCUT2D eigenvalue weighted by molar-refractivity contribution is 6.42. The molecule has 3 N–H and O–H groups in total. The van der Waals surface area contributed by atoms with Crippen molar-refractivity contribution in [2.45, 2.75) is 19.4 Å². The van der Waals surface area contributed by atoms with E-state index in [2.05, 4.69) is 5.32 Å². The van der Waals surface area contributed by atoms with Gasteiger partial charge < -0.3 is 11.1 Å². The van der Waals surface area contributed by atoms with Gasteiger partial charge in [0.1, 0.15) is 6.04 Å². The molecule has 3 nitrogen and oxygen atoms in total. The first-order valence-corrected chi connectivity index (χ1v) is 5.79. The summed E-state index contributed by atoms with van der Waals surface area (Å²) in [5.41, 5.74) is 6.05. The molecule has 0 aliphatic rings. The average Bonchev–Trinajstić information content (AvgIpc) is 2.23. The van der Waals surface area contributed by atoms with E-state index in [1.54, 1.807) is 18.2 Å². The van der Waals surface area contributed by atoms with Crippen LogP contribution in [0.5, 0.6) is 0 Å². The molecule has 1 rings (SSSR count). The van der Waals surface area contributed by atoms with Gasteiger partial charge in [0.05, 0.1) is 10.0 Å². The molecule has 0 radical (unpaired) electrons. The van der Waals surface area contributed by atoms with E-state index in [-0.39, 0.29) is 0 Å². The van der Waals surface area contributed by atoms with Crippen molar-refractivity contribution in [3.8, 4) is 0 Å². The Morgan fingerprint density at radius 1 is 1.44 bits per heavy atom. The van der Waals surface area contributed by atoms with E-state index in [0.717, 1.165) is 12.0 Å². The van der Waals surface area contributed by atoms with E-state index in [1.807, 2.05) is 6.92 Å². The molecule has 0 heterocycles. The third-order valence-corrected chi connectivity index (χ3v) is 2.90. The van der Waals surface area contributed by atoms with Crippen molar-refractivity contribution in [2.24, 2.45) is 5.73 Å². The Morgan fingerprint density at radius 3 is 2.62 bits per heavy atom. The Bertz CT molecular complexity index is 382. The molecule has 0 spiro atoms. The lowest BCUT2D eigenvalue weighted by Gasteiger charge is -2.15. The Balaban J connectivity index is 2.92. The molecule has 0 saturated carbocycles. The summed E-state index contributed by atoms with van der Waals surface area (Å²) in [5.74, 6) is -0.424. The lowest BCUT2D eigenvalue weighted by atomic mass is 10.1. The molecule has 1 aromatic rings. The fraction of sp³-hybridized carbons (Fsp3) is 0.364. The zero-order valence-electron chi connectivity index (χ0n) is 8.97. The number of halogens is 2. The van der Waals surface area contributed by atoms with Gasteiger partial charge >= 0.3 is 0 Å². The van der Waals surface area contributed by atoms with Crippen molar-refractivity contribution in [1.29, 1.82) is 0 Å². The van der Waals surface area contributed by atoms with E-state index in [1.165, 1.54) is 0 Å². The maximum absolute atomic E-state index is 11.3. The number of nitrogens with two attached hydrogens (primary N) is 1. The third kappa shape index (κ3) is 3.37. The number of rotatable bonds is 5. The Labute approximate surface area is 105 Å². The summed E-state index contributed by atoms with van der Waals surface area (Å²) in [5, 5.41) is 3.94. The molecule has 0 fully saturated rings. The largest absolute Gasteiger partial charge is 0.368 e. The van der Waals surface area contributed by atoms with E-state index in [4.69, 9.17) is 28.9 Å². The number of hydrogen-bond acceptors (Lipinski definition) is 2. The number of primary amides is 1. The zero-order valence-corrected chi connectivity index (χ0v) is 10.5. The standard InChI is InChI=1S/C11H14Cl2N2O/c1-2-5-15-10(11(14)16)7-3-4-8(12)9(13)6-7/h3-4,6,10,15H,2,5H2,1H3,(H2,14,16). The number of carbonyl (C=O) groups excluding carboxylic acids is 1. The molecule has 1 amide bonds. The molecule has 1 atom stereocenters. The predicted molar refractivity (Wildman–Crippen MR) is 66.7 cm³/mol. The highest BCUT2D eigenvalue weighted by atomic mass is 35.5. The predicted octanol–water partition coefficient (Wildman–Crippen LogP) is 2.52. The van der Waals surface area contributed by atoms with Gasteiger partial charge in [-0.05, 0) is 30.7 Å². The zero-order chi connectivity index (χ0) is 12.1. The van der Waals surface area contributed by atoms with Gasteiger partial charge in [-0.3, -0.25) is 4.79 Å². The first kappa shape index (κ1) is 13.3. The van der Waals surface area contributed by atoms with Crippen LogP contribution in [-0.4, -0.2) is 12.5 Å². The van der Waals surface area contributed by atoms with Gasteiger partial charge in [0.25, 0.3) is 0 Å². The van der Waals surface area contributed by atoms with Crippen LogP contribution in [-0.2, 0) is 4.79 Å². The maximum Gasteiger partial charge on any atom is 0.239 e. The van der Waals surface area contributed by atoms with Crippen molar-refractivity contribution >= 4 is 29.1 Å². The van der Waals surface area contributed by atoms with Gasteiger partial charge in [-0.1, -0.05) is 36.2 Å². The second-order valence-electron chi connectivity index (χ2n) is 3.46. The van der Waals surface area contributed by atoms with Crippen LogP contribution in [0.3, 0.4) is 0 Å². The van der Waals surface area contributed by atoms with Crippen LogP contribution in [0, 0.1) is 0 Å². The van der Waals surface area contributed by atoms with Crippen LogP contribution in [0.2, 0.25) is 10.0 Å². The minimum absolute atomic E-state index is 0.420. The smallest absolute Gasteiger partial charge is 0.239 e. The summed E-state index contributed by atoms with van der Waals surface area (Å²) in [6.45, 7) is 2.73. The molecular weight excluding hydrogens is 247 g/mol. The minimum atomic E-state index is -0.519. The van der Waals surface area contributed by atoms with Crippen LogP contribution in [0.25, 0.3) is 0 Å². The SMILES string of the molecule is CCCNC(C(N)=O)c1ccc(Cl)c(Cl)c1. The van der Waals surface area contributed by atoms with Crippen molar-refractivity contribution in [2.75, 3.05) is 6.54 Å². The molecule has 16 heavy (non-hydrogen) atoms. The van der Waals surface area contributed by atoms with Crippen LogP contribution in [0.15, 0.2) is 18.2 Å². The fourth-order valence-electron chi connectivity index (χ4n) is 1.36. The summed E-state index contributed by atoms with van der Waals surface area (Å²) >= 11 is 11.7. The summed E-state index contributed by atoms with van der Waals surface area (Å²) in [4.78, 5) is 11.3. The van der Waals surface area contributed by atoms with Gasteiger partial charge in [0.2, 0.25) is 5.91 Å². The summed E-state index contributed by atoms with van der Waals surface area (Å²) in [6, 6.07) is 4.53. The van der Waals surface area contributed by atoms with E-state index in [9.17, 15) is 4.79 Å². The molecular formula is C11H14Cl2N2O. The molecule has 88 valence electrons. The topological polar surface area (TPSA) is 55.1 Å². The molecule has 0 bridgehead atoms. The monoisotopic (exact) mass is 260 g/mol. The number of nitrogens with one attached hydrogen (secondary N) is 1. The lowest BCUT2D eigenvalue weighted by molar-refractivity contribution is -0.120. The van der Waals surface area contributed by atoms with Gasteiger partial charge in [-0.15, -0.1) is 0 Å². The first-order valence-electron chi connectivity index (χ1n) is 5.04. The highest BCUT2D eigenvalue weighted by Gasteiger charge is 2.17. The molecule has 0 saturated heterocycles. The number of amides is 1. The highest BCUT2D eigenvalue weighted by Crippen LogP contribution is 2.25. The minimum Gasteiger partial charge on any atom is -0.368 e. The van der Waals surface area contributed by atoms with Crippen LogP contribution in [0.1, 0.15) is 24.9 Å². The molecule has 5 heteroatoms. The van der Waals surface area contributed by atoms with Gasteiger partial charge in [-0.25, -0.2) is 0 Å². The van der Waals surface area contributed by atoms with Crippen LogP contribution >= 0.6 is 23.2 Å². The summed E-state index contributed by atoms with van der Waals surface area (Å²) in [7, 11) is 0. The second kappa shape index (κ2) is 6.09. The van der Waals surface area contributed by atoms with Gasteiger partial charge in [0.15, 0.2) is 0 Å². The van der Waals surface area contributed by atoms with Crippen LogP contribution in [0.4, 0.5) is 0 Å². The van der Waals surface area contributed by atoms with Gasteiger partial charge in [-0.2, -0.15) is 0 Å². The fourth-order valence-corrected chi connectivity index (χ4v) is 1.67. The summed E-state index contributed by atoms with van der Waals surface area (Å²) in [6.07, 6.45) is 0.922. The number of benzene rings is 1. The second-order valence-corrected chi connectivity index (χ2v) is 4.28. The maximum atomic E-state index is 11.3. The third-order valence-electron chi connectivity index (χ3n) is 2.16. The molecule has 1 unspecified atom stereocenters. The molecule has 0 aliphatic heterocycles. The average molecular weight is 261 g/mol. The van der Waals surface area contributed by atoms with E-state index in [0.29, 0.717) is 16.6 Å². The normalized spacial score (nSPS) is 12.4. The Kier molecular flexibility index (Phi) is 5.06. The molecule has 0 aliphatic carbocycles. The van der Waals surface area contributed by atoms with Crippen molar-refractivity contribution < 1.29 is 4.79 Å².